The fourth-order valence-electron chi connectivity index (χ4n) is 2.15. The maximum Gasteiger partial charge on any atom is 0.185 e. The Morgan fingerprint density at radius 3 is 2.72 bits per heavy atom. The molecule has 0 unspecified atom stereocenters. The average Bonchev–Trinajstić information content (AvgIpc) is 2.80. The monoisotopic (exact) mass is 267 g/mol. The van der Waals surface area contributed by atoms with E-state index in [2.05, 4.69) is 49.8 Å². The summed E-state index contributed by atoms with van der Waals surface area (Å²) in [5.74, 6) is 0. The predicted octanol–water partition coefficient (Wildman–Crippen LogP) is 3.27. The van der Waals surface area contributed by atoms with Crippen LogP contribution in [0.15, 0.2) is 6.20 Å². The zero-order chi connectivity index (χ0) is 13.4. The molecule has 4 heteroatoms. The summed E-state index contributed by atoms with van der Waals surface area (Å²) in [6, 6.07) is 0. The maximum atomic E-state index is 4.57. The molecule has 1 aliphatic rings. The molecule has 0 aliphatic carbocycles. The highest BCUT2D eigenvalue weighted by Gasteiger charge is 2.30. The molecule has 0 bridgehead atoms. The van der Waals surface area contributed by atoms with E-state index in [-0.39, 0.29) is 5.54 Å². The number of hydrogen-bond donors (Lipinski definition) is 1. The molecular weight excluding hydrogens is 242 g/mol. The van der Waals surface area contributed by atoms with Gasteiger partial charge in [0.25, 0.3) is 0 Å². The Morgan fingerprint density at radius 2 is 2.17 bits per heavy atom. The summed E-state index contributed by atoms with van der Waals surface area (Å²) in [7, 11) is 0. The second kappa shape index (κ2) is 4.82. The first-order chi connectivity index (χ1) is 8.25. The van der Waals surface area contributed by atoms with Crippen LogP contribution >= 0.6 is 11.3 Å². The molecule has 0 amide bonds. The average molecular weight is 267 g/mol. The van der Waals surface area contributed by atoms with Gasteiger partial charge >= 0.3 is 0 Å². The third kappa shape index (κ3) is 3.69. The molecule has 0 spiro atoms. The van der Waals surface area contributed by atoms with E-state index in [9.17, 15) is 0 Å². The molecule has 0 saturated carbocycles. The van der Waals surface area contributed by atoms with E-state index < -0.39 is 0 Å². The molecule has 1 aliphatic heterocycles. The van der Waals surface area contributed by atoms with Gasteiger partial charge in [-0.15, -0.1) is 11.3 Å². The molecule has 0 radical (unpaired) electrons. The minimum absolute atomic E-state index is 0.166. The van der Waals surface area contributed by atoms with Crippen molar-refractivity contribution in [3.8, 4) is 0 Å². The van der Waals surface area contributed by atoms with Crippen LogP contribution in [0.1, 0.15) is 45.9 Å². The summed E-state index contributed by atoms with van der Waals surface area (Å²) in [6.45, 7) is 14.4. The minimum Gasteiger partial charge on any atom is -0.348 e. The number of rotatable bonds is 3. The van der Waals surface area contributed by atoms with E-state index in [1.54, 1.807) is 0 Å². The molecule has 102 valence electrons. The van der Waals surface area contributed by atoms with Crippen LogP contribution in [-0.4, -0.2) is 23.6 Å². The molecule has 1 aromatic rings. The van der Waals surface area contributed by atoms with Crippen molar-refractivity contribution in [1.29, 1.82) is 0 Å². The van der Waals surface area contributed by atoms with Crippen molar-refractivity contribution in [2.45, 2.75) is 53.1 Å². The zero-order valence-electron chi connectivity index (χ0n) is 12.2. The van der Waals surface area contributed by atoms with Crippen molar-refractivity contribution < 1.29 is 0 Å². The van der Waals surface area contributed by atoms with Gasteiger partial charge < -0.3 is 10.2 Å². The normalized spacial score (nSPS) is 19.5. The first-order valence-corrected chi connectivity index (χ1v) is 7.52. The van der Waals surface area contributed by atoms with Crippen molar-refractivity contribution in [2.75, 3.05) is 18.0 Å². The van der Waals surface area contributed by atoms with E-state index in [0.717, 1.165) is 19.6 Å². The van der Waals surface area contributed by atoms with Crippen molar-refractivity contribution in [3.63, 3.8) is 0 Å². The minimum atomic E-state index is 0.166. The Labute approximate surface area is 115 Å². The van der Waals surface area contributed by atoms with Gasteiger partial charge in [-0.2, -0.15) is 0 Å². The Kier molecular flexibility index (Phi) is 3.70. The number of hydrogen-bond acceptors (Lipinski definition) is 4. The lowest BCUT2D eigenvalue weighted by Gasteiger charge is -2.20. The third-order valence-electron chi connectivity index (χ3n) is 3.28. The smallest absolute Gasteiger partial charge is 0.185 e. The lowest BCUT2D eigenvalue weighted by atomic mass is 9.93. The Bertz CT molecular complexity index is 403. The van der Waals surface area contributed by atoms with Crippen molar-refractivity contribution in [2.24, 2.45) is 5.41 Å². The number of nitrogens with one attached hydrogen (secondary N) is 1. The summed E-state index contributed by atoms with van der Waals surface area (Å²) in [6.07, 6.45) is 3.28. The third-order valence-corrected chi connectivity index (χ3v) is 4.34. The number of aromatic nitrogens is 1. The quantitative estimate of drug-likeness (QED) is 0.911. The van der Waals surface area contributed by atoms with Crippen LogP contribution in [0.5, 0.6) is 0 Å². The Hall–Kier alpha value is -0.610. The van der Waals surface area contributed by atoms with Crippen LogP contribution in [-0.2, 0) is 6.54 Å². The second-order valence-corrected chi connectivity index (χ2v) is 8.14. The van der Waals surface area contributed by atoms with Crippen LogP contribution in [0.2, 0.25) is 0 Å². The zero-order valence-corrected chi connectivity index (χ0v) is 13.0. The van der Waals surface area contributed by atoms with Gasteiger partial charge in [-0.25, -0.2) is 4.98 Å². The van der Waals surface area contributed by atoms with Gasteiger partial charge in [0.05, 0.1) is 0 Å². The Morgan fingerprint density at radius 1 is 1.44 bits per heavy atom. The molecule has 18 heavy (non-hydrogen) atoms. The van der Waals surface area contributed by atoms with E-state index >= 15 is 0 Å². The topological polar surface area (TPSA) is 28.2 Å². The van der Waals surface area contributed by atoms with Crippen molar-refractivity contribution in [1.82, 2.24) is 10.3 Å². The lowest BCUT2D eigenvalue weighted by Crippen LogP contribution is -2.34. The van der Waals surface area contributed by atoms with Crippen molar-refractivity contribution >= 4 is 16.5 Å². The van der Waals surface area contributed by atoms with Gasteiger partial charge in [0.2, 0.25) is 0 Å². The van der Waals surface area contributed by atoms with E-state index in [1.807, 2.05) is 17.5 Å². The number of anilines is 1. The van der Waals surface area contributed by atoms with Crippen LogP contribution in [0, 0.1) is 5.41 Å². The maximum absolute atomic E-state index is 4.57. The highest BCUT2D eigenvalue weighted by Crippen LogP contribution is 2.34. The fourth-order valence-corrected chi connectivity index (χ4v) is 3.03. The van der Waals surface area contributed by atoms with Gasteiger partial charge in [-0.1, -0.05) is 13.8 Å². The largest absolute Gasteiger partial charge is 0.348 e. The van der Waals surface area contributed by atoms with E-state index in [0.29, 0.717) is 5.41 Å². The van der Waals surface area contributed by atoms with Crippen LogP contribution in [0.25, 0.3) is 0 Å². The molecule has 1 aromatic heterocycles. The molecule has 0 atom stereocenters. The summed E-state index contributed by atoms with van der Waals surface area (Å²) < 4.78 is 0. The Balaban J connectivity index is 1.95. The molecule has 1 fully saturated rings. The van der Waals surface area contributed by atoms with Crippen LogP contribution in [0.4, 0.5) is 5.13 Å². The second-order valence-electron chi connectivity index (χ2n) is 7.05. The van der Waals surface area contributed by atoms with Crippen LogP contribution < -0.4 is 10.2 Å². The van der Waals surface area contributed by atoms with Crippen LogP contribution in [0.3, 0.4) is 0 Å². The predicted molar refractivity (Wildman–Crippen MR) is 79.3 cm³/mol. The molecule has 0 aromatic carbocycles. The standard InChI is InChI=1S/C14H25N3S/c1-13(2,3)16-9-11-8-15-12(18-11)17-7-6-14(4,5)10-17/h8,16H,6-7,9-10H2,1-5H3. The molecule has 2 rings (SSSR count). The van der Waals surface area contributed by atoms with Gasteiger partial charge in [-0.3, -0.25) is 0 Å². The molecule has 3 nitrogen and oxygen atoms in total. The number of thiazole rings is 1. The van der Waals surface area contributed by atoms with E-state index in [1.165, 1.54) is 16.4 Å². The van der Waals surface area contributed by atoms with Gasteiger partial charge in [0.1, 0.15) is 0 Å². The number of nitrogens with zero attached hydrogens (tertiary/aromatic N) is 2. The van der Waals surface area contributed by atoms with E-state index in [4.69, 9.17) is 0 Å². The molecule has 2 heterocycles. The SMILES string of the molecule is CC1(C)CCN(c2ncc(CNC(C)(C)C)s2)C1. The molecular formula is C14H25N3S. The van der Waals surface area contributed by atoms with Gasteiger partial charge in [0, 0.05) is 36.2 Å². The first-order valence-electron chi connectivity index (χ1n) is 6.70. The lowest BCUT2D eigenvalue weighted by molar-refractivity contribution is 0.418. The highest BCUT2D eigenvalue weighted by molar-refractivity contribution is 7.15. The summed E-state index contributed by atoms with van der Waals surface area (Å²) in [5.41, 5.74) is 0.606. The summed E-state index contributed by atoms with van der Waals surface area (Å²) >= 11 is 1.82. The summed E-state index contributed by atoms with van der Waals surface area (Å²) in [4.78, 5) is 8.31. The summed E-state index contributed by atoms with van der Waals surface area (Å²) in [5, 5.41) is 4.70. The van der Waals surface area contributed by atoms with Gasteiger partial charge in [0.15, 0.2) is 5.13 Å². The first kappa shape index (κ1) is 13.8. The van der Waals surface area contributed by atoms with Crippen molar-refractivity contribution in [3.05, 3.63) is 11.1 Å². The highest BCUT2D eigenvalue weighted by atomic mass is 32.1. The van der Waals surface area contributed by atoms with Gasteiger partial charge in [-0.05, 0) is 32.6 Å². The molecule has 1 N–H and O–H groups in total. The fraction of sp³-hybridized carbons (Fsp3) is 0.786. The molecule has 1 saturated heterocycles.